The van der Waals surface area contributed by atoms with Crippen LogP contribution in [-0.2, 0) is 6.42 Å². The summed E-state index contributed by atoms with van der Waals surface area (Å²) in [6, 6.07) is 33.6. The number of pyridine rings is 1. The van der Waals surface area contributed by atoms with E-state index >= 15 is 0 Å². The zero-order chi connectivity index (χ0) is 20.8. The lowest BCUT2D eigenvalue weighted by atomic mass is 9.86. The second-order valence-electron chi connectivity index (χ2n) is 7.26. The van der Waals surface area contributed by atoms with Crippen LogP contribution >= 0.6 is 0 Å². The summed E-state index contributed by atoms with van der Waals surface area (Å²) in [5.74, 6) is 0.850. The van der Waals surface area contributed by atoms with E-state index in [1.165, 1.54) is 27.8 Å². The van der Waals surface area contributed by atoms with Crippen molar-refractivity contribution >= 4 is 11.1 Å². The number of aromatic nitrogens is 1. The molecule has 4 rings (SSSR count). The first-order valence-corrected chi connectivity index (χ1v) is 10.1. The fourth-order valence-electron chi connectivity index (χ4n) is 3.74. The monoisotopic (exact) mass is 391 g/mol. The van der Waals surface area contributed by atoms with Gasteiger partial charge < -0.3 is 4.74 Å². The number of allylic oxidation sites excluding steroid dienone is 1. The Labute approximate surface area is 178 Å². The van der Waals surface area contributed by atoms with Gasteiger partial charge >= 0.3 is 0 Å². The molecular formula is C28H25NO. The highest BCUT2D eigenvalue weighted by Crippen LogP contribution is 2.35. The molecule has 0 saturated heterocycles. The van der Waals surface area contributed by atoms with Gasteiger partial charge in [0.15, 0.2) is 0 Å². The van der Waals surface area contributed by atoms with Crippen LogP contribution in [0.25, 0.3) is 11.1 Å². The van der Waals surface area contributed by atoms with Gasteiger partial charge in [0.05, 0.1) is 7.11 Å². The molecule has 2 heteroatoms. The maximum Gasteiger partial charge on any atom is 0.119 e. The minimum Gasteiger partial charge on any atom is -0.497 e. The van der Waals surface area contributed by atoms with Crippen molar-refractivity contribution in [1.82, 2.24) is 4.98 Å². The van der Waals surface area contributed by atoms with Gasteiger partial charge in [0, 0.05) is 18.3 Å². The van der Waals surface area contributed by atoms with E-state index in [1.54, 1.807) is 7.11 Å². The van der Waals surface area contributed by atoms with Crippen molar-refractivity contribution in [2.75, 3.05) is 7.11 Å². The molecule has 1 heterocycles. The van der Waals surface area contributed by atoms with Crippen LogP contribution in [0.4, 0.5) is 0 Å². The highest BCUT2D eigenvalue weighted by Gasteiger charge is 2.16. The molecule has 0 saturated carbocycles. The number of ether oxygens (including phenoxy) is 1. The molecule has 0 atom stereocenters. The number of hydrogen-bond donors (Lipinski definition) is 0. The minimum atomic E-state index is 0.735. The molecule has 4 aromatic rings. The average Bonchev–Trinajstić information content (AvgIpc) is 2.81. The normalized spacial score (nSPS) is 10.5. The van der Waals surface area contributed by atoms with Crippen LogP contribution in [0.1, 0.15) is 27.9 Å². The summed E-state index contributed by atoms with van der Waals surface area (Å²) in [6.45, 7) is 2.12. The van der Waals surface area contributed by atoms with Crippen LogP contribution in [0.5, 0.6) is 5.75 Å². The zero-order valence-electron chi connectivity index (χ0n) is 17.4. The molecule has 148 valence electrons. The van der Waals surface area contributed by atoms with Gasteiger partial charge in [-0.15, -0.1) is 0 Å². The Bertz CT molecular complexity index is 1110. The van der Waals surface area contributed by atoms with Crippen LogP contribution < -0.4 is 4.74 Å². The van der Waals surface area contributed by atoms with Gasteiger partial charge in [0.2, 0.25) is 0 Å². The molecule has 30 heavy (non-hydrogen) atoms. The first kappa shape index (κ1) is 19.7. The van der Waals surface area contributed by atoms with Crippen LogP contribution in [0, 0.1) is 6.92 Å². The molecule has 0 amide bonds. The predicted octanol–water partition coefficient (Wildman–Crippen LogP) is 6.60. The molecule has 0 unspecified atom stereocenters. The molecule has 0 N–H and O–H groups in total. The Balaban J connectivity index is 2.01. The van der Waals surface area contributed by atoms with E-state index in [0.717, 1.165) is 23.4 Å². The first-order chi connectivity index (χ1) is 14.8. The quantitative estimate of drug-likeness (QED) is 0.345. The fourth-order valence-corrected chi connectivity index (χ4v) is 3.74. The van der Waals surface area contributed by atoms with Crippen LogP contribution in [-0.4, -0.2) is 12.1 Å². The maximum absolute atomic E-state index is 5.53. The third kappa shape index (κ3) is 4.33. The molecule has 0 aliphatic carbocycles. The summed E-state index contributed by atoms with van der Waals surface area (Å²) >= 11 is 0. The van der Waals surface area contributed by atoms with Crippen LogP contribution in [0.15, 0.2) is 103 Å². The van der Waals surface area contributed by atoms with Crippen molar-refractivity contribution in [3.05, 3.63) is 131 Å². The topological polar surface area (TPSA) is 22.1 Å². The SMILES string of the molecule is COc1cccc(C(Cc2ncccc2C)=C(c2ccccc2)c2ccccc2)c1. The second-order valence-corrected chi connectivity index (χ2v) is 7.26. The number of hydrogen-bond acceptors (Lipinski definition) is 2. The zero-order valence-corrected chi connectivity index (χ0v) is 17.4. The van der Waals surface area contributed by atoms with E-state index in [9.17, 15) is 0 Å². The Morgan fingerprint density at radius 1 is 0.733 bits per heavy atom. The highest BCUT2D eigenvalue weighted by molar-refractivity contribution is 5.99. The largest absolute Gasteiger partial charge is 0.497 e. The lowest BCUT2D eigenvalue weighted by molar-refractivity contribution is 0.414. The van der Waals surface area contributed by atoms with E-state index in [2.05, 4.69) is 85.8 Å². The summed E-state index contributed by atoms with van der Waals surface area (Å²) in [5.41, 5.74) is 8.24. The Hall–Kier alpha value is -3.65. The Morgan fingerprint density at radius 3 is 1.97 bits per heavy atom. The molecule has 1 aromatic heterocycles. The average molecular weight is 392 g/mol. The smallest absolute Gasteiger partial charge is 0.119 e. The van der Waals surface area contributed by atoms with E-state index in [-0.39, 0.29) is 0 Å². The van der Waals surface area contributed by atoms with Gasteiger partial charge in [-0.1, -0.05) is 78.9 Å². The van der Waals surface area contributed by atoms with Crippen LogP contribution in [0.2, 0.25) is 0 Å². The third-order valence-electron chi connectivity index (χ3n) is 5.31. The lowest BCUT2D eigenvalue weighted by Crippen LogP contribution is -2.02. The third-order valence-corrected chi connectivity index (χ3v) is 5.31. The number of aryl methyl sites for hydroxylation is 1. The van der Waals surface area contributed by atoms with Crippen molar-refractivity contribution < 1.29 is 4.74 Å². The molecule has 0 bridgehead atoms. The van der Waals surface area contributed by atoms with Gasteiger partial charge in [-0.3, -0.25) is 4.98 Å². The van der Waals surface area contributed by atoms with Crippen molar-refractivity contribution in [1.29, 1.82) is 0 Å². The molecule has 0 radical (unpaired) electrons. The minimum absolute atomic E-state index is 0.735. The van der Waals surface area contributed by atoms with Crippen molar-refractivity contribution in [3.63, 3.8) is 0 Å². The van der Waals surface area contributed by atoms with E-state index in [0.29, 0.717) is 0 Å². The van der Waals surface area contributed by atoms with Crippen molar-refractivity contribution in [2.45, 2.75) is 13.3 Å². The van der Waals surface area contributed by atoms with Gasteiger partial charge in [-0.25, -0.2) is 0 Å². The standard InChI is InChI=1S/C28H25NO/c1-21-11-10-18-29-27(21)20-26(24-16-9-17-25(19-24)30-2)28(22-12-5-3-6-13-22)23-14-7-4-8-15-23/h3-19H,20H2,1-2H3. The fraction of sp³-hybridized carbons (Fsp3) is 0.107. The van der Waals surface area contributed by atoms with Gasteiger partial charge in [-0.2, -0.15) is 0 Å². The molecule has 0 spiro atoms. The molecular weight excluding hydrogens is 366 g/mol. The lowest BCUT2D eigenvalue weighted by Gasteiger charge is -2.18. The first-order valence-electron chi connectivity index (χ1n) is 10.1. The van der Waals surface area contributed by atoms with E-state index in [1.807, 2.05) is 24.4 Å². The van der Waals surface area contributed by atoms with Crippen LogP contribution in [0.3, 0.4) is 0 Å². The Kier molecular flexibility index (Phi) is 6.05. The summed E-state index contributed by atoms with van der Waals surface area (Å²) < 4.78 is 5.53. The Morgan fingerprint density at radius 2 is 1.37 bits per heavy atom. The number of nitrogens with zero attached hydrogens (tertiary/aromatic N) is 1. The van der Waals surface area contributed by atoms with Gasteiger partial charge in [0.25, 0.3) is 0 Å². The molecule has 3 aromatic carbocycles. The van der Waals surface area contributed by atoms with Gasteiger partial charge in [-0.05, 0) is 58.5 Å². The molecule has 0 aliphatic heterocycles. The van der Waals surface area contributed by atoms with Crippen molar-refractivity contribution in [3.8, 4) is 5.75 Å². The maximum atomic E-state index is 5.53. The van der Waals surface area contributed by atoms with E-state index in [4.69, 9.17) is 9.72 Å². The second kappa shape index (κ2) is 9.23. The molecule has 0 fully saturated rings. The summed E-state index contributed by atoms with van der Waals surface area (Å²) in [5, 5.41) is 0. The summed E-state index contributed by atoms with van der Waals surface area (Å²) in [4.78, 5) is 4.69. The number of methoxy groups -OCH3 is 1. The number of benzene rings is 3. The summed E-state index contributed by atoms with van der Waals surface area (Å²) in [7, 11) is 1.71. The highest BCUT2D eigenvalue weighted by atomic mass is 16.5. The van der Waals surface area contributed by atoms with Crippen molar-refractivity contribution in [2.24, 2.45) is 0 Å². The number of rotatable bonds is 6. The van der Waals surface area contributed by atoms with Gasteiger partial charge in [0.1, 0.15) is 5.75 Å². The summed E-state index contributed by atoms with van der Waals surface area (Å²) in [6.07, 6.45) is 2.61. The molecule has 2 nitrogen and oxygen atoms in total. The van der Waals surface area contributed by atoms with E-state index < -0.39 is 0 Å². The predicted molar refractivity (Wildman–Crippen MR) is 124 cm³/mol. The molecule has 0 aliphatic rings.